The fourth-order valence-electron chi connectivity index (χ4n) is 2.68. The van der Waals surface area contributed by atoms with Crippen molar-refractivity contribution < 1.29 is 8.42 Å². The predicted octanol–water partition coefficient (Wildman–Crippen LogP) is 2.18. The molecule has 0 amide bonds. The van der Waals surface area contributed by atoms with E-state index < -0.39 is 10.0 Å². The Bertz CT molecular complexity index is 579. The molecule has 0 bridgehead atoms. The van der Waals surface area contributed by atoms with Crippen LogP contribution in [-0.4, -0.2) is 20.0 Å². The quantitative estimate of drug-likeness (QED) is 0.790. The number of hydrogen-bond donors (Lipinski definition) is 2. The van der Waals surface area contributed by atoms with Gasteiger partial charge in [0.1, 0.15) is 4.99 Å². The van der Waals surface area contributed by atoms with Crippen LogP contribution in [0.2, 0.25) is 0 Å². The Kier molecular flexibility index (Phi) is 5.12. The highest BCUT2D eigenvalue weighted by Gasteiger charge is 2.20. The summed E-state index contributed by atoms with van der Waals surface area (Å²) in [6.07, 6.45) is 5.86. The Morgan fingerprint density at radius 2 is 1.95 bits per heavy atom. The van der Waals surface area contributed by atoms with Crippen molar-refractivity contribution in [1.29, 1.82) is 0 Å². The van der Waals surface area contributed by atoms with Gasteiger partial charge < -0.3 is 5.73 Å². The van der Waals surface area contributed by atoms with Gasteiger partial charge in [-0.25, -0.2) is 13.1 Å². The Morgan fingerprint density at radius 3 is 2.60 bits per heavy atom. The molecule has 20 heavy (non-hydrogen) atoms. The van der Waals surface area contributed by atoms with Gasteiger partial charge in [-0.1, -0.05) is 56.1 Å². The van der Waals surface area contributed by atoms with Gasteiger partial charge >= 0.3 is 0 Å². The molecular formula is C14H20N2O2S2. The molecule has 1 aliphatic carbocycles. The third-order valence-electron chi connectivity index (χ3n) is 3.76. The Labute approximate surface area is 125 Å². The summed E-state index contributed by atoms with van der Waals surface area (Å²) in [5.41, 5.74) is 5.98. The monoisotopic (exact) mass is 312 g/mol. The molecule has 0 spiro atoms. The number of hydrogen-bond acceptors (Lipinski definition) is 3. The first-order valence-electron chi connectivity index (χ1n) is 6.89. The molecule has 0 aliphatic heterocycles. The van der Waals surface area contributed by atoms with Gasteiger partial charge in [0.25, 0.3) is 0 Å². The highest BCUT2D eigenvalue weighted by atomic mass is 32.2. The first kappa shape index (κ1) is 15.4. The third kappa shape index (κ3) is 3.77. The minimum absolute atomic E-state index is 0.0989. The second kappa shape index (κ2) is 6.65. The van der Waals surface area contributed by atoms with Gasteiger partial charge in [0.2, 0.25) is 10.0 Å². The molecule has 0 radical (unpaired) electrons. The molecule has 4 nitrogen and oxygen atoms in total. The van der Waals surface area contributed by atoms with Gasteiger partial charge in [0.05, 0.1) is 4.90 Å². The highest BCUT2D eigenvalue weighted by Crippen LogP contribution is 2.27. The van der Waals surface area contributed by atoms with Crippen LogP contribution in [0.3, 0.4) is 0 Å². The molecule has 0 saturated heterocycles. The van der Waals surface area contributed by atoms with Gasteiger partial charge in [-0.05, 0) is 18.4 Å². The number of thiocarbonyl (C=S) groups is 1. The molecule has 0 atom stereocenters. The summed E-state index contributed by atoms with van der Waals surface area (Å²) in [4.78, 5) is 0.265. The lowest BCUT2D eigenvalue weighted by Crippen LogP contribution is -2.28. The normalized spacial score (nSPS) is 16.4. The molecule has 1 aliphatic rings. The van der Waals surface area contributed by atoms with E-state index in [-0.39, 0.29) is 9.88 Å². The second-order valence-electron chi connectivity index (χ2n) is 5.20. The molecule has 3 N–H and O–H groups in total. The zero-order valence-corrected chi connectivity index (χ0v) is 13.0. The van der Waals surface area contributed by atoms with E-state index >= 15 is 0 Å². The van der Waals surface area contributed by atoms with Crippen LogP contribution in [0.4, 0.5) is 0 Å². The van der Waals surface area contributed by atoms with Crippen LogP contribution < -0.4 is 10.5 Å². The molecule has 1 fully saturated rings. The van der Waals surface area contributed by atoms with Gasteiger partial charge in [0.15, 0.2) is 0 Å². The lowest BCUT2D eigenvalue weighted by molar-refractivity contribution is 0.495. The predicted molar refractivity (Wildman–Crippen MR) is 84.1 cm³/mol. The maximum Gasteiger partial charge on any atom is 0.241 e. The van der Waals surface area contributed by atoms with Gasteiger partial charge in [-0.3, -0.25) is 0 Å². The van der Waals surface area contributed by atoms with Crippen molar-refractivity contribution in [2.75, 3.05) is 6.54 Å². The molecule has 0 aromatic heterocycles. The Morgan fingerprint density at radius 1 is 1.30 bits per heavy atom. The summed E-state index contributed by atoms with van der Waals surface area (Å²) in [6, 6.07) is 6.57. The van der Waals surface area contributed by atoms with E-state index in [1.54, 1.807) is 18.2 Å². The maximum atomic E-state index is 12.3. The summed E-state index contributed by atoms with van der Waals surface area (Å²) in [7, 11) is -3.55. The Balaban J connectivity index is 2.04. The minimum atomic E-state index is -3.55. The van der Waals surface area contributed by atoms with Crippen LogP contribution in [0.1, 0.15) is 37.7 Å². The first-order valence-corrected chi connectivity index (χ1v) is 8.78. The fraction of sp³-hybridized carbons (Fsp3) is 0.500. The molecular weight excluding hydrogens is 292 g/mol. The average Bonchev–Trinajstić information content (AvgIpc) is 2.91. The van der Waals surface area contributed by atoms with Crippen LogP contribution in [0.15, 0.2) is 29.2 Å². The average molecular weight is 312 g/mol. The van der Waals surface area contributed by atoms with E-state index in [1.807, 2.05) is 0 Å². The van der Waals surface area contributed by atoms with Crippen LogP contribution in [0.25, 0.3) is 0 Å². The SMILES string of the molecule is NC(=S)c1ccccc1S(=O)(=O)NCCC1CCCC1. The van der Waals surface area contributed by atoms with Gasteiger partial charge in [0, 0.05) is 12.1 Å². The molecule has 1 saturated carbocycles. The van der Waals surface area contributed by atoms with Crippen LogP contribution >= 0.6 is 12.2 Å². The summed E-state index contributed by atoms with van der Waals surface area (Å²) >= 11 is 4.90. The van der Waals surface area contributed by atoms with E-state index in [4.69, 9.17) is 18.0 Å². The highest BCUT2D eigenvalue weighted by molar-refractivity contribution is 7.89. The van der Waals surface area contributed by atoms with Crippen molar-refractivity contribution in [2.45, 2.75) is 37.0 Å². The van der Waals surface area contributed by atoms with E-state index in [1.165, 1.54) is 31.7 Å². The third-order valence-corrected chi connectivity index (χ3v) is 5.50. The van der Waals surface area contributed by atoms with Crippen molar-refractivity contribution in [1.82, 2.24) is 4.72 Å². The van der Waals surface area contributed by atoms with Crippen molar-refractivity contribution in [3.8, 4) is 0 Å². The smallest absolute Gasteiger partial charge is 0.241 e. The lowest BCUT2D eigenvalue weighted by Gasteiger charge is -2.12. The Hall–Kier alpha value is -0.980. The fourth-order valence-corrected chi connectivity index (χ4v) is 4.19. The minimum Gasteiger partial charge on any atom is -0.389 e. The van der Waals surface area contributed by atoms with Crippen LogP contribution in [0.5, 0.6) is 0 Å². The standard InChI is InChI=1S/C14H20N2O2S2/c15-14(19)12-7-3-4-8-13(12)20(17,18)16-10-9-11-5-1-2-6-11/h3-4,7-8,11,16H,1-2,5-6,9-10H2,(H2,15,19). The van der Waals surface area contributed by atoms with Crippen molar-refractivity contribution in [3.63, 3.8) is 0 Å². The summed E-state index contributed by atoms with van der Waals surface area (Å²) in [5.74, 6) is 0.656. The molecule has 0 unspecified atom stereocenters. The molecule has 1 aromatic rings. The number of benzene rings is 1. The molecule has 6 heteroatoms. The number of nitrogens with two attached hydrogens (primary N) is 1. The van der Waals surface area contributed by atoms with Gasteiger partial charge in [-0.2, -0.15) is 0 Å². The summed E-state index contributed by atoms with van der Waals surface area (Å²) < 4.78 is 27.3. The van der Waals surface area contributed by atoms with E-state index in [0.29, 0.717) is 18.0 Å². The molecule has 0 heterocycles. The lowest BCUT2D eigenvalue weighted by atomic mass is 10.1. The number of nitrogens with one attached hydrogen (secondary N) is 1. The van der Waals surface area contributed by atoms with E-state index in [2.05, 4.69) is 4.72 Å². The van der Waals surface area contributed by atoms with Gasteiger partial charge in [-0.15, -0.1) is 0 Å². The number of sulfonamides is 1. The number of rotatable bonds is 6. The molecule has 110 valence electrons. The van der Waals surface area contributed by atoms with Crippen molar-refractivity contribution in [2.24, 2.45) is 11.7 Å². The van der Waals surface area contributed by atoms with Crippen molar-refractivity contribution >= 4 is 27.2 Å². The topological polar surface area (TPSA) is 72.2 Å². The summed E-state index contributed by atoms with van der Waals surface area (Å²) in [6.45, 7) is 0.471. The van der Waals surface area contributed by atoms with E-state index in [0.717, 1.165) is 6.42 Å². The summed E-state index contributed by atoms with van der Waals surface area (Å²) in [5, 5.41) is 0. The first-order chi connectivity index (χ1) is 9.50. The molecule has 1 aromatic carbocycles. The zero-order valence-electron chi connectivity index (χ0n) is 11.3. The van der Waals surface area contributed by atoms with E-state index in [9.17, 15) is 8.42 Å². The maximum absolute atomic E-state index is 12.3. The van der Waals surface area contributed by atoms with Crippen LogP contribution in [-0.2, 0) is 10.0 Å². The van der Waals surface area contributed by atoms with Crippen LogP contribution in [0, 0.1) is 5.92 Å². The largest absolute Gasteiger partial charge is 0.389 e. The van der Waals surface area contributed by atoms with Crippen molar-refractivity contribution in [3.05, 3.63) is 29.8 Å². The second-order valence-corrected chi connectivity index (χ2v) is 7.37. The zero-order chi connectivity index (χ0) is 14.6. The molecule has 2 rings (SSSR count).